The van der Waals surface area contributed by atoms with E-state index in [1.54, 1.807) is 0 Å². The van der Waals surface area contributed by atoms with Gasteiger partial charge in [0.15, 0.2) is 0 Å². The molecule has 0 radical (unpaired) electrons. The molecule has 158 valence electrons. The fraction of sp³-hybridized carbons (Fsp3) is 0.200. The van der Waals surface area contributed by atoms with Crippen molar-refractivity contribution in [2.75, 3.05) is 5.32 Å². The molecular formula is C20H20ClN3O5S. The molecule has 2 heterocycles. The van der Waals surface area contributed by atoms with Crippen molar-refractivity contribution in [1.82, 2.24) is 9.97 Å². The van der Waals surface area contributed by atoms with Gasteiger partial charge in [0.1, 0.15) is 4.70 Å². The average molecular weight is 450 g/mol. The monoisotopic (exact) mass is 449 g/mol. The highest BCUT2D eigenvalue weighted by atomic mass is 35.5. The van der Waals surface area contributed by atoms with Crippen molar-refractivity contribution >= 4 is 51.0 Å². The molecule has 0 bridgehead atoms. The Bertz CT molecular complexity index is 1130. The van der Waals surface area contributed by atoms with Crippen LogP contribution in [0.25, 0.3) is 20.7 Å². The van der Waals surface area contributed by atoms with Gasteiger partial charge < -0.3 is 15.5 Å². The lowest BCUT2D eigenvalue weighted by Crippen LogP contribution is -2.28. The van der Waals surface area contributed by atoms with Gasteiger partial charge in [-0.25, -0.2) is 14.6 Å². The second kappa shape index (κ2) is 9.55. The van der Waals surface area contributed by atoms with Crippen LogP contribution in [0.15, 0.2) is 47.3 Å². The second-order valence-corrected chi connectivity index (χ2v) is 8.62. The Morgan fingerprint density at radius 2 is 1.70 bits per heavy atom. The van der Waals surface area contributed by atoms with Gasteiger partial charge in [0.2, 0.25) is 5.95 Å². The van der Waals surface area contributed by atoms with Gasteiger partial charge in [-0.05, 0) is 44.5 Å². The van der Waals surface area contributed by atoms with Gasteiger partial charge in [-0.1, -0.05) is 23.7 Å². The number of aromatic nitrogens is 2. The number of fused-ring (bicyclic) bond motifs is 1. The first-order valence-electron chi connectivity index (χ1n) is 8.66. The van der Waals surface area contributed by atoms with E-state index in [2.05, 4.69) is 15.3 Å². The highest BCUT2D eigenvalue weighted by molar-refractivity contribution is 7.22. The summed E-state index contributed by atoms with van der Waals surface area (Å²) in [5, 5.41) is 19.5. The van der Waals surface area contributed by atoms with Crippen molar-refractivity contribution < 1.29 is 19.8 Å². The predicted molar refractivity (Wildman–Crippen MR) is 118 cm³/mol. The number of hydrogen-bond donors (Lipinski definition) is 4. The van der Waals surface area contributed by atoms with Gasteiger partial charge in [0, 0.05) is 27.6 Å². The number of aliphatic carboxylic acids is 2. The van der Waals surface area contributed by atoms with Crippen molar-refractivity contribution in [2.45, 2.75) is 26.3 Å². The number of hydrogen-bond acceptors (Lipinski definition) is 6. The van der Waals surface area contributed by atoms with Crippen LogP contribution in [0.5, 0.6) is 0 Å². The Hall–Kier alpha value is -3.17. The van der Waals surface area contributed by atoms with Crippen LogP contribution >= 0.6 is 22.9 Å². The minimum absolute atomic E-state index is 0.123. The largest absolute Gasteiger partial charge is 0.478 e. The maximum absolute atomic E-state index is 12.2. The van der Waals surface area contributed by atoms with Gasteiger partial charge in [-0.3, -0.25) is 9.78 Å². The van der Waals surface area contributed by atoms with E-state index in [1.807, 2.05) is 51.1 Å². The normalized spacial score (nSPS) is 11.2. The first-order valence-corrected chi connectivity index (χ1v) is 9.86. The molecule has 0 fully saturated rings. The molecule has 0 aliphatic rings. The van der Waals surface area contributed by atoms with Crippen LogP contribution in [0, 0.1) is 0 Å². The van der Waals surface area contributed by atoms with Gasteiger partial charge in [-0.15, -0.1) is 11.3 Å². The number of thiophene rings is 1. The van der Waals surface area contributed by atoms with Crippen molar-refractivity contribution in [3.63, 3.8) is 0 Å². The maximum atomic E-state index is 12.2. The number of H-pyrrole nitrogens is 1. The fourth-order valence-electron chi connectivity index (χ4n) is 2.25. The summed E-state index contributed by atoms with van der Waals surface area (Å²) < 4.78 is 0.629. The smallest absolute Gasteiger partial charge is 0.328 e. The number of aromatic amines is 1. The number of benzene rings is 1. The predicted octanol–water partition coefficient (Wildman–Crippen LogP) is 4.23. The SMILES string of the molecule is CC(C)(C)Nc1nc2cc(-c3ccc(Cl)cc3)sc2c(=O)[nH]1.O=C(O)/C=C/C(=O)O. The number of anilines is 1. The van der Waals surface area contributed by atoms with Gasteiger partial charge in [-0.2, -0.15) is 0 Å². The molecule has 2 aromatic heterocycles. The van der Waals surface area contributed by atoms with Crippen molar-refractivity contribution in [3.8, 4) is 10.4 Å². The molecule has 0 spiro atoms. The molecule has 0 amide bonds. The zero-order chi connectivity index (χ0) is 22.5. The zero-order valence-corrected chi connectivity index (χ0v) is 18.0. The van der Waals surface area contributed by atoms with Crippen molar-refractivity contribution in [3.05, 3.63) is 57.9 Å². The minimum Gasteiger partial charge on any atom is -0.478 e. The van der Waals surface area contributed by atoms with Crippen molar-refractivity contribution in [1.29, 1.82) is 0 Å². The third kappa shape index (κ3) is 7.02. The van der Waals surface area contributed by atoms with E-state index in [9.17, 15) is 14.4 Å². The quantitative estimate of drug-likeness (QED) is 0.438. The molecule has 3 aromatic rings. The second-order valence-electron chi connectivity index (χ2n) is 7.13. The summed E-state index contributed by atoms with van der Waals surface area (Å²) in [5.74, 6) is -2.02. The minimum atomic E-state index is -1.26. The summed E-state index contributed by atoms with van der Waals surface area (Å²) in [6.07, 6.45) is 1.12. The van der Waals surface area contributed by atoms with Gasteiger partial charge in [0.05, 0.1) is 5.52 Å². The molecule has 0 unspecified atom stereocenters. The number of nitrogens with one attached hydrogen (secondary N) is 2. The molecule has 8 nitrogen and oxygen atoms in total. The molecule has 0 aliphatic heterocycles. The maximum Gasteiger partial charge on any atom is 0.328 e. The Kier molecular flexibility index (Phi) is 7.36. The molecule has 10 heteroatoms. The summed E-state index contributed by atoms with van der Waals surface area (Å²) in [6, 6.07) is 9.49. The molecular weight excluding hydrogens is 430 g/mol. The summed E-state index contributed by atoms with van der Waals surface area (Å²) in [7, 11) is 0. The van der Waals surface area contributed by atoms with Crippen molar-refractivity contribution in [2.24, 2.45) is 0 Å². The molecule has 1 aromatic carbocycles. The number of carboxylic acid groups (broad SMARTS) is 2. The standard InChI is InChI=1S/C16H16ClN3OS.C4H4O4/c1-16(2,3)20-15-18-11-8-12(22-13(11)14(21)19-15)9-4-6-10(17)7-5-9;5-3(6)1-2-4(7)8/h4-8H,1-3H3,(H2,18,19,20,21);1-2H,(H,5,6)(H,7,8)/b;2-1+. The van der Waals surface area contributed by atoms with E-state index in [1.165, 1.54) is 11.3 Å². The molecule has 0 aliphatic carbocycles. The van der Waals surface area contributed by atoms with E-state index in [-0.39, 0.29) is 11.1 Å². The molecule has 4 N–H and O–H groups in total. The van der Waals surface area contributed by atoms with Crippen LogP contribution in [0.1, 0.15) is 20.8 Å². The summed E-state index contributed by atoms with van der Waals surface area (Å²) in [5.41, 5.74) is 1.43. The summed E-state index contributed by atoms with van der Waals surface area (Å²) in [4.78, 5) is 39.6. The lowest BCUT2D eigenvalue weighted by atomic mass is 10.1. The first kappa shape index (κ1) is 23.1. The summed E-state index contributed by atoms with van der Waals surface area (Å²) >= 11 is 7.35. The highest BCUT2D eigenvalue weighted by Gasteiger charge is 2.14. The molecule has 3 rings (SSSR count). The van der Waals surface area contributed by atoms with E-state index in [0.717, 1.165) is 10.4 Å². The number of carboxylic acids is 2. The molecule has 0 atom stereocenters. The third-order valence-corrected chi connectivity index (χ3v) is 4.80. The zero-order valence-electron chi connectivity index (χ0n) is 16.4. The van der Waals surface area contributed by atoms with Crippen LogP contribution < -0.4 is 10.9 Å². The first-order chi connectivity index (χ1) is 13.9. The van der Waals surface area contributed by atoms with E-state index < -0.39 is 11.9 Å². The number of nitrogens with zero attached hydrogens (tertiary/aromatic N) is 1. The Labute approximate surface area is 180 Å². The highest BCUT2D eigenvalue weighted by Crippen LogP contribution is 2.31. The lowest BCUT2D eigenvalue weighted by molar-refractivity contribution is -0.134. The average Bonchev–Trinajstić information content (AvgIpc) is 3.04. The Morgan fingerprint density at radius 1 is 1.13 bits per heavy atom. The topological polar surface area (TPSA) is 132 Å². The van der Waals surface area contributed by atoms with Crippen LogP contribution in [0.4, 0.5) is 5.95 Å². The van der Waals surface area contributed by atoms with E-state index >= 15 is 0 Å². The van der Waals surface area contributed by atoms with Crippen LogP contribution in [0.2, 0.25) is 5.02 Å². The van der Waals surface area contributed by atoms with E-state index in [0.29, 0.717) is 33.3 Å². The number of halogens is 1. The molecule has 0 saturated carbocycles. The van der Waals surface area contributed by atoms with Gasteiger partial charge >= 0.3 is 11.9 Å². The van der Waals surface area contributed by atoms with Gasteiger partial charge in [0.25, 0.3) is 5.56 Å². The number of carbonyl (C=O) groups is 2. The van der Waals surface area contributed by atoms with Crippen LogP contribution in [-0.2, 0) is 9.59 Å². The Balaban J connectivity index is 0.000000343. The number of rotatable bonds is 4. The lowest BCUT2D eigenvalue weighted by Gasteiger charge is -2.20. The molecule has 0 saturated heterocycles. The third-order valence-electron chi connectivity index (χ3n) is 3.37. The summed E-state index contributed by atoms with van der Waals surface area (Å²) in [6.45, 7) is 6.05. The molecule has 30 heavy (non-hydrogen) atoms. The van der Waals surface area contributed by atoms with Crippen LogP contribution in [-0.4, -0.2) is 37.7 Å². The van der Waals surface area contributed by atoms with Crippen LogP contribution in [0.3, 0.4) is 0 Å². The fourth-order valence-corrected chi connectivity index (χ4v) is 3.38. The Morgan fingerprint density at radius 3 is 2.20 bits per heavy atom. The van der Waals surface area contributed by atoms with E-state index in [4.69, 9.17) is 21.8 Å².